The third-order valence-corrected chi connectivity index (χ3v) is 5.21. The van der Waals surface area contributed by atoms with E-state index in [0.717, 1.165) is 32.8 Å². The Morgan fingerprint density at radius 2 is 1.60 bits per heavy atom. The van der Waals surface area contributed by atoms with E-state index < -0.39 is 5.60 Å². The predicted molar refractivity (Wildman–Crippen MR) is 116 cm³/mol. The van der Waals surface area contributed by atoms with Gasteiger partial charge in [-0.15, -0.1) is 0 Å². The predicted octanol–water partition coefficient (Wildman–Crippen LogP) is 3.18. The molecule has 160 valence electrons. The van der Waals surface area contributed by atoms with Gasteiger partial charge in [0, 0.05) is 42.3 Å². The highest BCUT2D eigenvalue weighted by atomic mass is 35.5. The van der Waals surface area contributed by atoms with E-state index in [1.54, 1.807) is 62.4 Å². The summed E-state index contributed by atoms with van der Waals surface area (Å²) >= 11 is 5.87. The maximum Gasteiger partial charge on any atom is 0.263 e. The van der Waals surface area contributed by atoms with Crippen molar-refractivity contribution in [2.24, 2.45) is 0 Å². The first kappa shape index (κ1) is 22.3. The fraction of sp³-hybridized carbons (Fsp3) is 0.391. The minimum atomic E-state index is -1.04. The van der Waals surface area contributed by atoms with Crippen LogP contribution in [0.2, 0.25) is 5.02 Å². The molecule has 0 spiro atoms. The van der Waals surface area contributed by atoms with E-state index in [4.69, 9.17) is 21.1 Å². The summed E-state index contributed by atoms with van der Waals surface area (Å²) in [5.74, 6) is 0.242. The number of morpholine rings is 1. The van der Waals surface area contributed by atoms with E-state index in [1.807, 2.05) is 0 Å². The molecular weight excluding hydrogens is 404 g/mol. The number of nitrogens with one attached hydrogen (secondary N) is 1. The van der Waals surface area contributed by atoms with Crippen LogP contribution in [-0.4, -0.2) is 61.6 Å². The maximum atomic E-state index is 12.6. The van der Waals surface area contributed by atoms with E-state index in [2.05, 4.69) is 10.2 Å². The molecule has 7 heteroatoms. The lowest BCUT2D eigenvalue weighted by Gasteiger charge is -2.28. The minimum Gasteiger partial charge on any atom is -0.478 e. The number of carbonyl (C=O) groups excluding carboxylic acids is 2. The lowest BCUT2D eigenvalue weighted by molar-refractivity contribution is -0.134. The highest BCUT2D eigenvalue weighted by molar-refractivity contribution is 6.30. The zero-order valence-corrected chi connectivity index (χ0v) is 18.1. The highest BCUT2D eigenvalue weighted by Gasteiger charge is 2.29. The van der Waals surface area contributed by atoms with Crippen molar-refractivity contribution in [3.8, 4) is 5.75 Å². The molecule has 2 aromatic carbocycles. The summed E-state index contributed by atoms with van der Waals surface area (Å²) in [5, 5.41) is 3.52. The second-order valence-electron chi connectivity index (χ2n) is 7.68. The monoisotopic (exact) mass is 430 g/mol. The Morgan fingerprint density at radius 1 is 1.03 bits per heavy atom. The Kier molecular flexibility index (Phi) is 7.48. The van der Waals surface area contributed by atoms with Gasteiger partial charge in [0.05, 0.1) is 13.2 Å². The Bertz CT molecular complexity index is 860. The molecule has 1 N–H and O–H groups in total. The molecule has 1 saturated heterocycles. The summed E-state index contributed by atoms with van der Waals surface area (Å²) in [6.07, 6.45) is 0. The van der Waals surface area contributed by atoms with Gasteiger partial charge in [0.25, 0.3) is 5.91 Å². The summed E-state index contributed by atoms with van der Waals surface area (Å²) in [5.41, 5.74) is 0.0673. The van der Waals surface area contributed by atoms with E-state index >= 15 is 0 Å². The van der Waals surface area contributed by atoms with Crippen molar-refractivity contribution in [2.45, 2.75) is 19.4 Å². The van der Waals surface area contributed by atoms with Crippen LogP contribution < -0.4 is 10.1 Å². The molecule has 1 aliphatic heterocycles. The van der Waals surface area contributed by atoms with Gasteiger partial charge in [0.1, 0.15) is 5.75 Å². The highest BCUT2D eigenvalue weighted by Crippen LogP contribution is 2.21. The Hall–Kier alpha value is -2.41. The smallest absolute Gasteiger partial charge is 0.263 e. The van der Waals surface area contributed by atoms with E-state index in [1.165, 1.54) is 0 Å². The van der Waals surface area contributed by atoms with Gasteiger partial charge < -0.3 is 14.8 Å². The fourth-order valence-corrected chi connectivity index (χ4v) is 3.27. The summed E-state index contributed by atoms with van der Waals surface area (Å²) in [6, 6.07) is 13.5. The number of nitrogens with zero attached hydrogens (tertiary/aromatic N) is 1. The van der Waals surface area contributed by atoms with Crippen LogP contribution >= 0.6 is 11.6 Å². The number of benzene rings is 2. The van der Waals surface area contributed by atoms with Crippen LogP contribution in [0.4, 0.5) is 0 Å². The quantitative estimate of drug-likeness (QED) is 0.651. The molecular formula is C23H27ClN2O4. The van der Waals surface area contributed by atoms with Gasteiger partial charge in [-0.1, -0.05) is 11.6 Å². The normalized spacial score (nSPS) is 14.9. The number of hydrogen-bond acceptors (Lipinski definition) is 5. The SMILES string of the molecule is CC(C)(Oc1ccc(C(=O)c2ccc(Cl)cc2)cc1)C(=O)NCCN1CCOCC1. The number of ketones is 1. The van der Waals surface area contributed by atoms with Crippen LogP contribution in [0.1, 0.15) is 29.8 Å². The number of halogens is 1. The van der Waals surface area contributed by atoms with Crippen molar-refractivity contribution >= 4 is 23.3 Å². The molecule has 0 radical (unpaired) electrons. The van der Waals surface area contributed by atoms with Crippen molar-refractivity contribution in [3.63, 3.8) is 0 Å². The third-order valence-electron chi connectivity index (χ3n) is 4.96. The van der Waals surface area contributed by atoms with Crippen molar-refractivity contribution in [1.82, 2.24) is 10.2 Å². The van der Waals surface area contributed by atoms with Crippen LogP contribution in [0, 0.1) is 0 Å². The minimum absolute atomic E-state index is 0.0988. The molecule has 0 bridgehead atoms. The molecule has 30 heavy (non-hydrogen) atoms. The zero-order chi connectivity index (χ0) is 21.6. The van der Waals surface area contributed by atoms with Gasteiger partial charge in [-0.2, -0.15) is 0 Å². The van der Waals surface area contributed by atoms with E-state index in [-0.39, 0.29) is 11.7 Å². The number of amides is 1. The molecule has 0 unspecified atom stereocenters. The first-order valence-electron chi connectivity index (χ1n) is 10.0. The lowest BCUT2D eigenvalue weighted by Crippen LogP contribution is -2.49. The molecule has 1 fully saturated rings. The van der Waals surface area contributed by atoms with Crippen molar-refractivity contribution in [1.29, 1.82) is 0 Å². The Morgan fingerprint density at radius 3 is 2.20 bits per heavy atom. The number of rotatable bonds is 8. The van der Waals surface area contributed by atoms with Gasteiger partial charge in [-0.3, -0.25) is 14.5 Å². The second-order valence-corrected chi connectivity index (χ2v) is 8.12. The molecule has 0 saturated carbocycles. The molecule has 6 nitrogen and oxygen atoms in total. The molecule has 1 aliphatic rings. The van der Waals surface area contributed by atoms with Gasteiger partial charge in [0.2, 0.25) is 0 Å². The van der Waals surface area contributed by atoms with Crippen molar-refractivity contribution < 1.29 is 19.1 Å². The van der Waals surface area contributed by atoms with Crippen LogP contribution in [0.25, 0.3) is 0 Å². The largest absolute Gasteiger partial charge is 0.478 e. The zero-order valence-electron chi connectivity index (χ0n) is 17.3. The first-order chi connectivity index (χ1) is 14.3. The number of ether oxygens (including phenoxy) is 2. The molecule has 1 amide bonds. The summed E-state index contributed by atoms with van der Waals surface area (Å²) in [7, 11) is 0. The number of hydrogen-bond donors (Lipinski definition) is 1. The maximum absolute atomic E-state index is 12.6. The third kappa shape index (κ3) is 6.05. The fourth-order valence-electron chi connectivity index (χ4n) is 3.15. The second kappa shape index (κ2) is 10.1. The number of carbonyl (C=O) groups is 2. The van der Waals surface area contributed by atoms with Crippen LogP contribution in [0.5, 0.6) is 5.75 Å². The Labute approximate surface area is 182 Å². The standard InChI is InChI=1S/C23H27ClN2O4/c1-23(2,22(28)25-11-12-26-13-15-29-16-14-26)30-20-9-5-18(6-10-20)21(27)17-3-7-19(24)8-4-17/h3-10H,11-16H2,1-2H3,(H,25,28). The Balaban J connectivity index is 1.53. The van der Waals surface area contributed by atoms with Gasteiger partial charge >= 0.3 is 0 Å². The summed E-state index contributed by atoms with van der Waals surface area (Å²) < 4.78 is 11.2. The molecule has 2 aromatic rings. The molecule has 0 atom stereocenters. The van der Waals surface area contributed by atoms with Gasteiger partial charge in [-0.25, -0.2) is 0 Å². The van der Waals surface area contributed by atoms with Crippen LogP contribution in [0.3, 0.4) is 0 Å². The lowest BCUT2D eigenvalue weighted by atomic mass is 10.0. The molecule has 0 aromatic heterocycles. The molecule has 3 rings (SSSR count). The van der Waals surface area contributed by atoms with E-state index in [0.29, 0.717) is 28.4 Å². The van der Waals surface area contributed by atoms with Crippen molar-refractivity contribution in [3.05, 3.63) is 64.7 Å². The van der Waals surface area contributed by atoms with Crippen LogP contribution in [0.15, 0.2) is 48.5 Å². The van der Waals surface area contributed by atoms with Gasteiger partial charge in [-0.05, 0) is 62.4 Å². The molecule has 0 aliphatic carbocycles. The summed E-state index contributed by atoms with van der Waals surface area (Å²) in [4.78, 5) is 27.4. The average Bonchev–Trinajstić information content (AvgIpc) is 2.75. The summed E-state index contributed by atoms with van der Waals surface area (Å²) in [6.45, 7) is 8.03. The van der Waals surface area contributed by atoms with Crippen molar-refractivity contribution in [2.75, 3.05) is 39.4 Å². The average molecular weight is 431 g/mol. The van der Waals surface area contributed by atoms with E-state index in [9.17, 15) is 9.59 Å². The van der Waals surface area contributed by atoms with Crippen LogP contribution in [-0.2, 0) is 9.53 Å². The molecule has 1 heterocycles. The topological polar surface area (TPSA) is 67.9 Å². The first-order valence-corrected chi connectivity index (χ1v) is 10.4. The van der Waals surface area contributed by atoms with Gasteiger partial charge in [0.15, 0.2) is 11.4 Å².